The third-order valence-corrected chi connectivity index (χ3v) is 5.47. The van der Waals surface area contributed by atoms with Crippen molar-refractivity contribution < 1.29 is 18.8 Å². The zero-order valence-electron chi connectivity index (χ0n) is 17.8. The molecule has 11 heteroatoms. The molecule has 1 aliphatic rings. The van der Waals surface area contributed by atoms with Crippen LogP contribution in [0.15, 0.2) is 48.7 Å². The summed E-state index contributed by atoms with van der Waals surface area (Å²) in [5.74, 6) is -0.541. The molecule has 0 saturated carbocycles. The second-order valence-corrected chi connectivity index (χ2v) is 7.46. The van der Waals surface area contributed by atoms with Crippen molar-refractivity contribution in [2.24, 2.45) is 0 Å². The predicted molar refractivity (Wildman–Crippen MR) is 123 cm³/mol. The van der Waals surface area contributed by atoms with Crippen molar-refractivity contribution in [3.8, 4) is 11.4 Å². The molecule has 1 aliphatic heterocycles. The van der Waals surface area contributed by atoms with Crippen LogP contribution in [0.4, 0.5) is 15.8 Å². The molecule has 0 bridgehead atoms. The van der Waals surface area contributed by atoms with Gasteiger partial charge in [0.25, 0.3) is 11.6 Å². The SMILES string of the molecule is COc1ccc([N+](=O)[O-])cc1NC(=O)c1cnn(-c2cccc(F)c2)c1C1CCNCC1.Cl. The number of anilines is 1. The van der Waals surface area contributed by atoms with Crippen molar-refractivity contribution in [3.63, 3.8) is 0 Å². The van der Waals surface area contributed by atoms with E-state index in [1.165, 1.54) is 43.6 Å². The smallest absolute Gasteiger partial charge is 0.271 e. The molecule has 1 saturated heterocycles. The number of nitro groups is 1. The third kappa shape index (κ3) is 5.12. The highest BCUT2D eigenvalue weighted by Gasteiger charge is 2.28. The highest BCUT2D eigenvalue weighted by atomic mass is 35.5. The van der Waals surface area contributed by atoms with Crippen molar-refractivity contribution in [3.05, 3.63) is 75.9 Å². The van der Waals surface area contributed by atoms with Gasteiger partial charge >= 0.3 is 0 Å². The topological polar surface area (TPSA) is 111 Å². The van der Waals surface area contributed by atoms with Crippen LogP contribution in [0.2, 0.25) is 0 Å². The van der Waals surface area contributed by atoms with Gasteiger partial charge in [-0.1, -0.05) is 6.07 Å². The molecular weight excluding hydrogens is 453 g/mol. The quantitative estimate of drug-likeness (QED) is 0.410. The number of methoxy groups -OCH3 is 1. The molecule has 1 aromatic heterocycles. The normalized spacial score (nSPS) is 13.8. The van der Waals surface area contributed by atoms with Crippen LogP contribution in [-0.4, -0.2) is 40.8 Å². The average Bonchev–Trinajstić information content (AvgIpc) is 3.25. The number of nitrogens with one attached hydrogen (secondary N) is 2. The maximum atomic E-state index is 13.9. The minimum Gasteiger partial charge on any atom is -0.495 e. The van der Waals surface area contributed by atoms with E-state index in [-0.39, 0.29) is 29.7 Å². The number of benzene rings is 2. The Kier molecular flexibility index (Phi) is 7.62. The van der Waals surface area contributed by atoms with E-state index in [1.807, 2.05) is 0 Å². The van der Waals surface area contributed by atoms with Crippen LogP contribution in [0, 0.1) is 15.9 Å². The number of hydrogen-bond donors (Lipinski definition) is 2. The van der Waals surface area contributed by atoms with Crippen LogP contribution in [0.25, 0.3) is 5.69 Å². The number of carbonyl (C=O) groups is 1. The molecule has 2 heterocycles. The minimum absolute atomic E-state index is 0. The summed E-state index contributed by atoms with van der Waals surface area (Å²) >= 11 is 0. The van der Waals surface area contributed by atoms with Crippen LogP contribution in [0.3, 0.4) is 0 Å². The van der Waals surface area contributed by atoms with Crippen molar-refractivity contribution >= 4 is 29.7 Å². The van der Waals surface area contributed by atoms with Gasteiger partial charge in [0.15, 0.2) is 0 Å². The first-order chi connectivity index (χ1) is 15.5. The molecule has 0 aliphatic carbocycles. The Morgan fingerprint density at radius 2 is 2.03 bits per heavy atom. The van der Waals surface area contributed by atoms with Crippen molar-refractivity contribution in [2.45, 2.75) is 18.8 Å². The summed E-state index contributed by atoms with van der Waals surface area (Å²) in [6.07, 6.45) is 3.03. The number of non-ortho nitro benzene ring substituents is 1. The van der Waals surface area contributed by atoms with E-state index in [0.29, 0.717) is 22.7 Å². The molecule has 0 atom stereocenters. The largest absolute Gasteiger partial charge is 0.495 e. The molecule has 4 rings (SSSR count). The number of aromatic nitrogens is 2. The molecule has 33 heavy (non-hydrogen) atoms. The first kappa shape index (κ1) is 24.1. The zero-order chi connectivity index (χ0) is 22.7. The first-order valence-electron chi connectivity index (χ1n) is 10.2. The number of carbonyl (C=O) groups excluding carboxylic acids is 1. The minimum atomic E-state index is -0.544. The fourth-order valence-electron chi connectivity index (χ4n) is 3.93. The van der Waals surface area contributed by atoms with Gasteiger partial charge in [-0.05, 0) is 50.2 Å². The maximum Gasteiger partial charge on any atom is 0.271 e. The van der Waals surface area contributed by atoms with Crippen LogP contribution in [0.1, 0.15) is 34.8 Å². The fourth-order valence-corrected chi connectivity index (χ4v) is 3.93. The lowest BCUT2D eigenvalue weighted by Gasteiger charge is -2.24. The van der Waals surface area contributed by atoms with Gasteiger partial charge in [-0.2, -0.15) is 5.10 Å². The number of nitro benzene ring substituents is 1. The molecule has 2 aromatic carbocycles. The Labute approximate surface area is 195 Å². The Morgan fingerprint density at radius 3 is 2.70 bits per heavy atom. The van der Waals surface area contributed by atoms with Gasteiger partial charge in [0.2, 0.25) is 0 Å². The van der Waals surface area contributed by atoms with E-state index in [9.17, 15) is 19.3 Å². The van der Waals surface area contributed by atoms with Gasteiger partial charge in [-0.25, -0.2) is 9.07 Å². The van der Waals surface area contributed by atoms with Gasteiger partial charge in [-0.15, -0.1) is 12.4 Å². The average molecular weight is 476 g/mol. The van der Waals surface area contributed by atoms with E-state index in [2.05, 4.69) is 15.7 Å². The molecular formula is C22H23ClFN5O4. The number of hydrogen-bond acceptors (Lipinski definition) is 6. The number of nitrogens with zero attached hydrogens (tertiary/aromatic N) is 3. The van der Waals surface area contributed by atoms with Gasteiger partial charge in [0, 0.05) is 18.1 Å². The summed E-state index contributed by atoms with van der Waals surface area (Å²) in [5, 5.41) is 21.6. The second kappa shape index (κ2) is 10.4. The summed E-state index contributed by atoms with van der Waals surface area (Å²) in [5.41, 5.74) is 1.54. The van der Waals surface area contributed by atoms with Gasteiger partial charge in [0.1, 0.15) is 11.6 Å². The van der Waals surface area contributed by atoms with Crippen molar-refractivity contribution in [2.75, 3.05) is 25.5 Å². The molecule has 9 nitrogen and oxygen atoms in total. The highest BCUT2D eigenvalue weighted by Crippen LogP contribution is 2.33. The first-order valence-corrected chi connectivity index (χ1v) is 10.2. The lowest BCUT2D eigenvalue weighted by atomic mass is 9.91. The number of amides is 1. The molecule has 0 unspecified atom stereocenters. The van der Waals surface area contributed by atoms with E-state index >= 15 is 0 Å². The van der Waals surface area contributed by atoms with E-state index in [0.717, 1.165) is 25.9 Å². The summed E-state index contributed by atoms with van der Waals surface area (Å²) in [6, 6.07) is 10.0. The molecule has 0 spiro atoms. The van der Waals surface area contributed by atoms with Gasteiger partial charge < -0.3 is 15.4 Å². The number of ether oxygens (including phenoxy) is 1. The lowest BCUT2D eigenvalue weighted by molar-refractivity contribution is -0.384. The summed E-state index contributed by atoms with van der Waals surface area (Å²) < 4.78 is 20.7. The van der Waals surface area contributed by atoms with Crippen LogP contribution < -0.4 is 15.4 Å². The third-order valence-electron chi connectivity index (χ3n) is 5.47. The van der Waals surface area contributed by atoms with Crippen LogP contribution >= 0.6 is 12.4 Å². The van der Waals surface area contributed by atoms with E-state index < -0.39 is 16.6 Å². The lowest BCUT2D eigenvalue weighted by Crippen LogP contribution is -2.29. The zero-order valence-corrected chi connectivity index (χ0v) is 18.6. The monoisotopic (exact) mass is 475 g/mol. The van der Waals surface area contributed by atoms with Crippen molar-refractivity contribution in [1.82, 2.24) is 15.1 Å². The van der Waals surface area contributed by atoms with Crippen LogP contribution in [-0.2, 0) is 0 Å². The molecule has 3 aromatic rings. The molecule has 1 amide bonds. The van der Waals surface area contributed by atoms with Crippen molar-refractivity contribution in [1.29, 1.82) is 0 Å². The second-order valence-electron chi connectivity index (χ2n) is 7.46. The standard InChI is InChI=1S/C22H22FN5O4.ClH/c1-32-20-6-5-17(28(30)31)12-19(20)26-22(29)18-13-25-27(16-4-2-3-15(23)11-16)21(18)14-7-9-24-10-8-14;/h2-6,11-14,24H,7-10H2,1H3,(H,26,29);1H. The Bertz CT molecular complexity index is 1160. The van der Waals surface area contributed by atoms with E-state index in [4.69, 9.17) is 4.74 Å². The van der Waals surface area contributed by atoms with Gasteiger partial charge in [0.05, 0.1) is 40.9 Å². The summed E-state index contributed by atoms with van der Waals surface area (Å²) in [7, 11) is 1.42. The molecule has 2 N–H and O–H groups in total. The number of piperidine rings is 1. The Morgan fingerprint density at radius 1 is 1.27 bits per heavy atom. The van der Waals surface area contributed by atoms with Crippen LogP contribution in [0.5, 0.6) is 5.75 Å². The predicted octanol–water partition coefficient (Wildman–Crippen LogP) is 4.07. The molecule has 0 radical (unpaired) electrons. The fraction of sp³-hybridized carbons (Fsp3) is 0.273. The maximum absolute atomic E-state index is 13.9. The molecule has 1 fully saturated rings. The van der Waals surface area contributed by atoms with E-state index in [1.54, 1.807) is 16.8 Å². The van der Waals surface area contributed by atoms with Gasteiger partial charge in [-0.3, -0.25) is 14.9 Å². The molecule has 174 valence electrons. The highest BCUT2D eigenvalue weighted by molar-refractivity contribution is 6.06. The Hall–Kier alpha value is -3.50. The summed E-state index contributed by atoms with van der Waals surface area (Å²) in [6.45, 7) is 1.58. The Balaban J connectivity index is 0.00000306. The number of rotatable bonds is 6. The number of halogens is 2. The summed E-state index contributed by atoms with van der Waals surface area (Å²) in [4.78, 5) is 23.9.